The zero-order valence-corrected chi connectivity index (χ0v) is 23.0. The summed E-state index contributed by atoms with van der Waals surface area (Å²) in [6.45, 7) is 0.0304. The van der Waals surface area contributed by atoms with E-state index in [0.717, 1.165) is 36.8 Å². The van der Waals surface area contributed by atoms with Crippen LogP contribution in [0.5, 0.6) is 0 Å². The molecular formula is C31H34ClFN2O2S. The van der Waals surface area contributed by atoms with Gasteiger partial charge in [-0.15, -0.1) is 11.8 Å². The summed E-state index contributed by atoms with van der Waals surface area (Å²) in [7, 11) is 0. The lowest BCUT2D eigenvalue weighted by Gasteiger charge is -2.33. The van der Waals surface area contributed by atoms with E-state index in [1.807, 2.05) is 54.6 Å². The van der Waals surface area contributed by atoms with E-state index >= 15 is 0 Å². The van der Waals surface area contributed by atoms with E-state index in [9.17, 15) is 14.0 Å². The third-order valence-corrected chi connectivity index (χ3v) is 8.17. The molecule has 1 N–H and O–H groups in total. The molecule has 3 aromatic rings. The van der Waals surface area contributed by atoms with Crippen molar-refractivity contribution in [2.24, 2.45) is 0 Å². The maximum Gasteiger partial charge on any atom is 0.243 e. The molecule has 1 unspecified atom stereocenters. The molecule has 0 heterocycles. The van der Waals surface area contributed by atoms with E-state index in [0.29, 0.717) is 22.8 Å². The first kappa shape index (κ1) is 28.2. The molecule has 1 saturated carbocycles. The van der Waals surface area contributed by atoms with Gasteiger partial charge in [-0.2, -0.15) is 0 Å². The molecule has 0 saturated heterocycles. The van der Waals surface area contributed by atoms with Crippen molar-refractivity contribution in [3.05, 3.63) is 106 Å². The maximum atomic E-state index is 14.7. The topological polar surface area (TPSA) is 49.4 Å². The van der Waals surface area contributed by atoms with Gasteiger partial charge in [-0.3, -0.25) is 9.59 Å². The summed E-state index contributed by atoms with van der Waals surface area (Å²) in [6.07, 6.45) is 5.62. The number of halogens is 2. The van der Waals surface area contributed by atoms with Gasteiger partial charge in [-0.1, -0.05) is 91.5 Å². The first-order valence-electron chi connectivity index (χ1n) is 13.2. The quantitative estimate of drug-likeness (QED) is 0.284. The van der Waals surface area contributed by atoms with Gasteiger partial charge in [-0.25, -0.2) is 4.39 Å². The molecule has 0 aromatic heterocycles. The lowest BCUT2D eigenvalue weighted by molar-refractivity contribution is -0.139. The molecule has 0 bridgehead atoms. The highest BCUT2D eigenvalue weighted by atomic mass is 35.5. The summed E-state index contributed by atoms with van der Waals surface area (Å²) in [5.74, 6) is 0.0676. The Morgan fingerprint density at radius 1 is 0.921 bits per heavy atom. The number of hydrogen-bond acceptors (Lipinski definition) is 3. The van der Waals surface area contributed by atoms with Gasteiger partial charge in [-0.05, 0) is 42.2 Å². The van der Waals surface area contributed by atoms with Crippen molar-refractivity contribution >= 4 is 35.2 Å². The Morgan fingerprint density at radius 3 is 2.32 bits per heavy atom. The molecule has 4 rings (SSSR count). The predicted molar refractivity (Wildman–Crippen MR) is 154 cm³/mol. The van der Waals surface area contributed by atoms with Gasteiger partial charge in [0.05, 0.1) is 5.75 Å². The van der Waals surface area contributed by atoms with Crippen molar-refractivity contribution in [1.29, 1.82) is 0 Å². The van der Waals surface area contributed by atoms with Crippen LogP contribution in [0.1, 0.15) is 48.8 Å². The van der Waals surface area contributed by atoms with E-state index in [-0.39, 0.29) is 36.0 Å². The van der Waals surface area contributed by atoms with Crippen molar-refractivity contribution in [2.75, 3.05) is 5.75 Å². The minimum Gasteiger partial charge on any atom is -0.352 e. The van der Waals surface area contributed by atoms with Crippen LogP contribution in [0.25, 0.3) is 0 Å². The van der Waals surface area contributed by atoms with Crippen LogP contribution in [0, 0.1) is 5.82 Å². The number of nitrogens with one attached hydrogen (secondary N) is 1. The van der Waals surface area contributed by atoms with Crippen molar-refractivity contribution in [3.63, 3.8) is 0 Å². The zero-order chi connectivity index (χ0) is 26.7. The molecule has 1 aliphatic rings. The van der Waals surface area contributed by atoms with Crippen molar-refractivity contribution in [2.45, 2.75) is 62.9 Å². The maximum absolute atomic E-state index is 14.7. The molecule has 3 aromatic carbocycles. The largest absolute Gasteiger partial charge is 0.352 e. The molecule has 1 aliphatic carbocycles. The fourth-order valence-electron chi connectivity index (χ4n) is 4.83. The third kappa shape index (κ3) is 8.34. The van der Waals surface area contributed by atoms with Gasteiger partial charge in [0.25, 0.3) is 0 Å². The Labute approximate surface area is 234 Å². The smallest absolute Gasteiger partial charge is 0.243 e. The summed E-state index contributed by atoms with van der Waals surface area (Å²) in [5.41, 5.74) is 2.41. The first-order valence-corrected chi connectivity index (χ1v) is 14.7. The number of amides is 2. The number of carbonyl (C=O) groups excluding carboxylic acids is 2. The second-order valence-electron chi connectivity index (χ2n) is 9.78. The van der Waals surface area contributed by atoms with Gasteiger partial charge in [0, 0.05) is 35.3 Å². The molecule has 0 aliphatic heterocycles. The fourth-order valence-corrected chi connectivity index (χ4v) is 5.82. The second kappa shape index (κ2) is 14.4. The minimum absolute atomic E-state index is 0.0304. The van der Waals surface area contributed by atoms with Crippen molar-refractivity contribution < 1.29 is 14.0 Å². The molecule has 200 valence electrons. The zero-order valence-electron chi connectivity index (χ0n) is 21.5. The Morgan fingerprint density at radius 2 is 1.61 bits per heavy atom. The third-order valence-electron chi connectivity index (χ3n) is 6.93. The van der Waals surface area contributed by atoms with Gasteiger partial charge in [0.1, 0.15) is 11.9 Å². The summed E-state index contributed by atoms with van der Waals surface area (Å²) >= 11 is 7.47. The van der Waals surface area contributed by atoms with Crippen LogP contribution in [-0.4, -0.2) is 34.6 Å². The number of rotatable bonds is 11. The Kier molecular flexibility index (Phi) is 10.6. The van der Waals surface area contributed by atoms with Crippen LogP contribution in [0.4, 0.5) is 4.39 Å². The van der Waals surface area contributed by atoms with Crippen LogP contribution in [0.3, 0.4) is 0 Å². The van der Waals surface area contributed by atoms with E-state index in [1.165, 1.54) is 24.2 Å². The van der Waals surface area contributed by atoms with Gasteiger partial charge in [0.15, 0.2) is 0 Å². The Bertz CT molecular complexity index is 1190. The fraction of sp³-hybridized carbons (Fsp3) is 0.355. The highest BCUT2D eigenvalue weighted by molar-refractivity contribution is 7.99. The van der Waals surface area contributed by atoms with E-state index < -0.39 is 6.04 Å². The summed E-state index contributed by atoms with van der Waals surface area (Å²) in [4.78, 5) is 29.0. The van der Waals surface area contributed by atoms with Gasteiger partial charge in [0.2, 0.25) is 11.8 Å². The standard InChI is InChI=1S/C31H34ClFN2O2S/c32-26-17-15-24(16-18-26)21-38-22-30(36)35(20-25-11-7-8-14-28(25)33)29(19-23-9-3-1-4-10-23)31(37)34-27-12-5-2-6-13-27/h1,3-4,7-11,14-18,27,29H,2,5-6,12-13,19-22H2,(H,34,37). The molecule has 38 heavy (non-hydrogen) atoms. The average Bonchev–Trinajstić information content (AvgIpc) is 2.93. The molecule has 1 atom stereocenters. The monoisotopic (exact) mass is 552 g/mol. The van der Waals surface area contributed by atoms with Crippen molar-refractivity contribution in [1.82, 2.24) is 10.2 Å². The predicted octanol–water partition coefficient (Wildman–Crippen LogP) is 6.80. The number of hydrogen-bond donors (Lipinski definition) is 1. The summed E-state index contributed by atoms with van der Waals surface area (Å²) < 4.78 is 14.7. The van der Waals surface area contributed by atoms with E-state index in [1.54, 1.807) is 23.1 Å². The van der Waals surface area contributed by atoms with E-state index in [2.05, 4.69) is 5.32 Å². The lowest BCUT2D eigenvalue weighted by atomic mass is 9.94. The molecule has 7 heteroatoms. The highest BCUT2D eigenvalue weighted by Gasteiger charge is 2.32. The van der Waals surface area contributed by atoms with Crippen LogP contribution >= 0.6 is 23.4 Å². The number of benzene rings is 3. The van der Waals surface area contributed by atoms with Crippen LogP contribution < -0.4 is 5.32 Å². The molecule has 2 amide bonds. The van der Waals surface area contributed by atoms with Gasteiger partial charge < -0.3 is 10.2 Å². The Hall–Kier alpha value is -2.83. The number of carbonyl (C=O) groups is 2. The van der Waals surface area contributed by atoms with Gasteiger partial charge >= 0.3 is 0 Å². The first-order chi connectivity index (χ1) is 18.5. The lowest BCUT2D eigenvalue weighted by Crippen LogP contribution is -2.53. The number of thioether (sulfide) groups is 1. The SMILES string of the molecule is O=C(NC1CCCCC1)C(Cc1ccccc1)N(Cc1ccccc1F)C(=O)CSCc1ccc(Cl)cc1. The summed E-state index contributed by atoms with van der Waals surface area (Å²) in [6, 6.07) is 23.0. The van der Waals surface area contributed by atoms with Crippen LogP contribution in [0.15, 0.2) is 78.9 Å². The molecule has 0 radical (unpaired) electrons. The Balaban J connectivity index is 1.56. The second-order valence-corrected chi connectivity index (χ2v) is 11.2. The number of nitrogens with zero attached hydrogens (tertiary/aromatic N) is 1. The normalized spacial score (nSPS) is 14.6. The molecule has 0 spiro atoms. The van der Waals surface area contributed by atoms with E-state index in [4.69, 9.17) is 11.6 Å². The minimum atomic E-state index is -0.748. The molecular weight excluding hydrogens is 519 g/mol. The molecule has 4 nitrogen and oxygen atoms in total. The van der Waals surface area contributed by atoms with Crippen LogP contribution in [0.2, 0.25) is 5.02 Å². The summed E-state index contributed by atoms with van der Waals surface area (Å²) in [5, 5.41) is 3.88. The molecule has 1 fully saturated rings. The average molecular weight is 553 g/mol. The highest BCUT2D eigenvalue weighted by Crippen LogP contribution is 2.22. The van der Waals surface area contributed by atoms with Crippen LogP contribution in [-0.2, 0) is 28.3 Å². The van der Waals surface area contributed by atoms with Crippen molar-refractivity contribution in [3.8, 4) is 0 Å².